The van der Waals surface area contributed by atoms with Crippen molar-refractivity contribution in [2.75, 3.05) is 0 Å². The lowest BCUT2D eigenvalue weighted by molar-refractivity contribution is 1.07. The predicted octanol–water partition coefficient (Wildman–Crippen LogP) is 14.8. The smallest absolute Gasteiger partial charge is 0.166 e. The quantitative estimate of drug-likeness (QED) is 0.169. The molecule has 0 aliphatic rings. The lowest BCUT2D eigenvalue weighted by Crippen LogP contribution is -2.04. The van der Waals surface area contributed by atoms with E-state index in [-0.39, 0.29) is 0 Å². The second-order valence-electron chi connectivity index (χ2n) is 15.2. The third-order valence-corrected chi connectivity index (χ3v) is 12.9. The monoisotopic (exact) mass is 782 g/mol. The Kier molecular flexibility index (Phi) is 8.00. The summed E-state index contributed by atoms with van der Waals surface area (Å²) in [4.78, 5) is 16.1. The lowest BCUT2D eigenvalue weighted by atomic mass is 9.99. The topological polar surface area (TPSA) is 43.6 Å². The van der Waals surface area contributed by atoms with E-state index >= 15 is 0 Å². The predicted molar refractivity (Wildman–Crippen MR) is 252 cm³/mol. The molecule has 280 valence electrons. The van der Waals surface area contributed by atoms with E-state index in [1.165, 1.54) is 48.1 Å². The van der Waals surface area contributed by atoms with Crippen LogP contribution in [0.15, 0.2) is 206 Å². The Balaban J connectivity index is 1.09. The normalized spacial score (nSPS) is 11.7. The molecule has 12 aromatic rings. The minimum atomic E-state index is 0.616. The molecule has 5 heteroatoms. The second-order valence-corrected chi connectivity index (χ2v) is 16.2. The molecule has 9 aromatic carbocycles. The maximum atomic E-state index is 5.40. The molecule has 0 bridgehead atoms. The van der Waals surface area contributed by atoms with Gasteiger partial charge in [0.2, 0.25) is 0 Å². The molecule has 0 unspecified atom stereocenters. The van der Waals surface area contributed by atoms with Gasteiger partial charge in [0.1, 0.15) is 0 Å². The molecule has 0 saturated carbocycles. The van der Waals surface area contributed by atoms with Crippen molar-refractivity contribution in [3.05, 3.63) is 206 Å². The maximum absolute atomic E-state index is 5.40. The number of benzene rings is 9. The molecule has 0 radical (unpaired) electrons. The Hall–Kier alpha value is -7.73. The number of rotatable bonds is 6. The van der Waals surface area contributed by atoms with Crippen LogP contribution in [0.2, 0.25) is 0 Å². The Bertz CT molecular complexity index is 3620. The van der Waals surface area contributed by atoms with E-state index in [2.05, 4.69) is 205 Å². The van der Waals surface area contributed by atoms with E-state index in [0.29, 0.717) is 17.5 Å². The largest absolute Gasteiger partial charge is 0.309 e. The van der Waals surface area contributed by atoms with Gasteiger partial charge >= 0.3 is 0 Å². The summed E-state index contributed by atoms with van der Waals surface area (Å²) < 4.78 is 4.78. The van der Waals surface area contributed by atoms with Gasteiger partial charge in [0.05, 0.1) is 16.7 Å². The summed E-state index contributed by atoms with van der Waals surface area (Å²) in [5, 5.41) is 7.30. The molecular formula is C55H34N4S. The first-order valence-corrected chi connectivity index (χ1v) is 21.0. The molecule has 60 heavy (non-hydrogen) atoms. The molecular weight excluding hydrogens is 749 g/mol. The number of aromatic nitrogens is 4. The number of para-hydroxylation sites is 2. The van der Waals surface area contributed by atoms with E-state index in [1.54, 1.807) is 11.3 Å². The molecule has 0 amide bonds. The van der Waals surface area contributed by atoms with Crippen LogP contribution in [-0.2, 0) is 0 Å². The van der Waals surface area contributed by atoms with Crippen LogP contribution < -0.4 is 0 Å². The van der Waals surface area contributed by atoms with Gasteiger partial charge in [0.25, 0.3) is 0 Å². The average molecular weight is 783 g/mol. The highest BCUT2D eigenvalue weighted by molar-refractivity contribution is 7.26. The first-order chi connectivity index (χ1) is 29.7. The summed E-state index contributed by atoms with van der Waals surface area (Å²) in [6.07, 6.45) is 0. The van der Waals surface area contributed by atoms with Crippen LogP contribution in [0, 0.1) is 0 Å². The first-order valence-electron chi connectivity index (χ1n) is 20.2. The van der Waals surface area contributed by atoms with E-state index in [1.807, 2.05) is 6.07 Å². The van der Waals surface area contributed by atoms with Crippen LogP contribution in [0.25, 0.3) is 115 Å². The van der Waals surface area contributed by atoms with Gasteiger partial charge < -0.3 is 4.57 Å². The van der Waals surface area contributed by atoms with Crippen molar-refractivity contribution >= 4 is 64.1 Å². The number of hydrogen-bond donors (Lipinski definition) is 0. The summed E-state index contributed by atoms with van der Waals surface area (Å²) in [6, 6.07) is 73.3. The zero-order chi connectivity index (χ0) is 39.6. The van der Waals surface area contributed by atoms with Crippen molar-refractivity contribution in [1.82, 2.24) is 19.5 Å². The van der Waals surface area contributed by atoms with Gasteiger partial charge in [-0.1, -0.05) is 158 Å². The Morgan fingerprint density at radius 2 is 0.917 bits per heavy atom. The first kappa shape index (κ1) is 34.3. The molecule has 12 rings (SSSR count). The minimum absolute atomic E-state index is 0.616. The summed E-state index contributed by atoms with van der Waals surface area (Å²) in [6.45, 7) is 0. The van der Waals surface area contributed by atoms with Crippen LogP contribution in [0.4, 0.5) is 0 Å². The fourth-order valence-electron chi connectivity index (χ4n) is 8.85. The van der Waals surface area contributed by atoms with Gasteiger partial charge in [-0.3, -0.25) is 0 Å². The SMILES string of the molecule is c1ccc(-c2ccccc2-c2nc(-c3ccccc3-n3c4ccccc4c4cc(-c5ccc6ccccc6c5)ccc43)nc(-c3cccc4c3sc3ccccc34)n2)cc1. The van der Waals surface area contributed by atoms with Crippen molar-refractivity contribution in [2.24, 2.45) is 0 Å². The zero-order valence-corrected chi connectivity index (χ0v) is 33.1. The van der Waals surface area contributed by atoms with Gasteiger partial charge in [0, 0.05) is 47.6 Å². The fourth-order valence-corrected chi connectivity index (χ4v) is 10.1. The minimum Gasteiger partial charge on any atom is -0.309 e. The van der Waals surface area contributed by atoms with Gasteiger partial charge in [-0.2, -0.15) is 0 Å². The molecule has 0 saturated heterocycles. The van der Waals surface area contributed by atoms with Crippen LogP contribution in [0.5, 0.6) is 0 Å². The molecule has 3 aromatic heterocycles. The Labute approximate surface area is 350 Å². The van der Waals surface area contributed by atoms with Crippen LogP contribution in [-0.4, -0.2) is 19.5 Å². The molecule has 0 atom stereocenters. The van der Waals surface area contributed by atoms with E-state index in [9.17, 15) is 0 Å². The van der Waals surface area contributed by atoms with Gasteiger partial charge in [-0.25, -0.2) is 15.0 Å². The average Bonchev–Trinajstić information content (AvgIpc) is 3.87. The third-order valence-electron chi connectivity index (χ3n) is 11.7. The lowest BCUT2D eigenvalue weighted by Gasteiger charge is -2.15. The van der Waals surface area contributed by atoms with Crippen molar-refractivity contribution in [3.8, 4) is 62.1 Å². The zero-order valence-electron chi connectivity index (χ0n) is 32.3. The third kappa shape index (κ3) is 5.63. The molecule has 4 nitrogen and oxygen atoms in total. The van der Waals surface area contributed by atoms with Crippen molar-refractivity contribution in [1.29, 1.82) is 0 Å². The van der Waals surface area contributed by atoms with Crippen molar-refractivity contribution in [2.45, 2.75) is 0 Å². The van der Waals surface area contributed by atoms with Crippen molar-refractivity contribution < 1.29 is 0 Å². The molecule has 0 fully saturated rings. The maximum Gasteiger partial charge on any atom is 0.166 e. The standard InChI is InChI=1S/C55H34N4S/c1-2-16-36(17-3-1)40-19-6-7-22-44(40)53-56-54(58-55(57-53)46-25-14-24-43-42-21-10-13-28-51(42)60-52(43)46)45-23-9-12-27-49(45)59-48-26-11-8-20-41(48)47-34-39(31-32-50(47)59)38-30-29-35-15-4-5-18-37(35)33-38/h1-34H. The summed E-state index contributed by atoms with van der Waals surface area (Å²) in [5.41, 5.74) is 10.7. The fraction of sp³-hybridized carbons (Fsp3) is 0. The molecule has 3 heterocycles. The second kappa shape index (κ2) is 14.0. The van der Waals surface area contributed by atoms with E-state index in [4.69, 9.17) is 15.0 Å². The van der Waals surface area contributed by atoms with E-state index < -0.39 is 0 Å². The van der Waals surface area contributed by atoms with Crippen molar-refractivity contribution in [3.63, 3.8) is 0 Å². The molecule has 0 spiro atoms. The highest BCUT2D eigenvalue weighted by Gasteiger charge is 2.22. The molecule has 0 N–H and O–H groups in total. The summed E-state index contributed by atoms with van der Waals surface area (Å²) in [7, 11) is 0. The van der Waals surface area contributed by atoms with Gasteiger partial charge in [0.15, 0.2) is 17.5 Å². The highest BCUT2D eigenvalue weighted by atomic mass is 32.1. The van der Waals surface area contributed by atoms with Gasteiger partial charge in [-0.15, -0.1) is 11.3 Å². The molecule has 0 aliphatic carbocycles. The van der Waals surface area contributed by atoms with Crippen LogP contribution in [0.3, 0.4) is 0 Å². The number of thiophene rings is 1. The number of nitrogens with zero attached hydrogens (tertiary/aromatic N) is 4. The summed E-state index contributed by atoms with van der Waals surface area (Å²) >= 11 is 1.79. The van der Waals surface area contributed by atoms with Gasteiger partial charge in [-0.05, 0) is 81.6 Å². The molecule has 0 aliphatic heterocycles. The summed E-state index contributed by atoms with van der Waals surface area (Å²) in [5.74, 6) is 1.89. The Morgan fingerprint density at radius 1 is 0.333 bits per heavy atom. The van der Waals surface area contributed by atoms with Crippen LogP contribution in [0.1, 0.15) is 0 Å². The number of fused-ring (bicyclic) bond motifs is 7. The number of hydrogen-bond acceptors (Lipinski definition) is 4. The van der Waals surface area contributed by atoms with E-state index in [0.717, 1.165) is 49.2 Å². The van der Waals surface area contributed by atoms with Crippen LogP contribution >= 0.6 is 11.3 Å². The highest BCUT2D eigenvalue weighted by Crippen LogP contribution is 2.42. The Morgan fingerprint density at radius 3 is 1.78 bits per heavy atom.